The Morgan fingerprint density at radius 3 is 2.59 bits per heavy atom. The van der Waals surface area contributed by atoms with Gasteiger partial charge in [0.05, 0.1) is 16.8 Å². The molecule has 5 rings (SSSR count). The predicted molar refractivity (Wildman–Crippen MR) is 149 cm³/mol. The lowest BCUT2D eigenvalue weighted by Gasteiger charge is -2.46. The number of hydrogen-bond acceptors (Lipinski definition) is 6. The number of hydrogen-bond donors (Lipinski definition) is 0. The lowest BCUT2D eigenvalue weighted by atomic mass is 9.86. The fraction of sp³-hybridized carbons (Fsp3) is 0.433. The summed E-state index contributed by atoms with van der Waals surface area (Å²) < 4.78 is 12.4. The molecule has 1 amide bonds. The zero-order chi connectivity index (χ0) is 27.6. The normalized spacial score (nSPS) is 19.8. The van der Waals surface area contributed by atoms with Crippen molar-refractivity contribution in [2.24, 2.45) is 0 Å². The van der Waals surface area contributed by atoms with Crippen LogP contribution < -0.4 is 4.74 Å². The molecule has 206 valence electrons. The fourth-order valence-electron chi connectivity index (χ4n) is 5.32. The minimum atomic E-state index is -0.617. The third-order valence-electron chi connectivity index (χ3n) is 7.27. The molecule has 0 radical (unpaired) electrons. The topological polar surface area (TPSA) is 76.9 Å². The molecule has 1 aromatic heterocycles. The SMILES string of the molecule is CC(C)(C)OC(=O)n1cc(COc2cccc(C(=O)N3CCN4C[C@@H](c5ccccc5)CC[C@@H]4C3)c2Cl)cn1. The Morgan fingerprint density at radius 1 is 1.03 bits per heavy atom. The maximum atomic E-state index is 13.5. The lowest BCUT2D eigenvalue weighted by molar-refractivity contribution is 0.0329. The molecule has 0 N–H and O–H groups in total. The third-order valence-corrected chi connectivity index (χ3v) is 7.66. The van der Waals surface area contributed by atoms with Crippen LogP contribution in [0, 0.1) is 0 Å². The number of benzene rings is 2. The van der Waals surface area contributed by atoms with E-state index < -0.39 is 11.7 Å². The van der Waals surface area contributed by atoms with E-state index in [9.17, 15) is 9.59 Å². The standard InChI is InChI=1S/C30H35ClN4O4/c1-30(2,3)39-29(37)35-17-21(16-32-35)20-38-26-11-7-10-25(27(26)31)28(36)34-15-14-33-18-23(12-13-24(33)19-34)22-8-5-4-6-9-22/h4-11,16-17,23-24H,12-15,18-20H2,1-3H3/t23-,24+/m0/s1. The van der Waals surface area contributed by atoms with E-state index in [0.717, 1.165) is 30.6 Å². The number of piperazine rings is 1. The minimum absolute atomic E-state index is 0.0759. The van der Waals surface area contributed by atoms with Gasteiger partial charge < -0.3 is 14.4 Å². The van der Waals surface area contributed by atoms with Gasteiger partial charge in [-0.05, 0) is 57.2 Å². The molecule has 3 aromatic rings. The molecule has 8 nitrogen and oxygen atoms in total. The van der Waals surface area contributed by atoms with Gasteiger partial charge in [-0.1, -0.05) is 48.0 Å². The number of carbonyl (C=O) groups is 2. The van der Waals surface area contributed by atoms with Gasteiger partial charge >= 0.3 is 6.09 Å². The zero-order valence-corrected chi connectivity index (χ0v) is 23.4. The van der Waals surface area contributed by atoms with Crippen LogP contribution in [0.15, 0.2) is 60.9 Å². The average molecular weight is 551 g/mol. The zero-order valence-electron chi connectivity index (χ0n) is 22.7. The van der Waals surface area contributed by atoms with Gasteiger partial charge in [-0.15, -0.1) is 0 Å². The van der Waals surface area contributed by atoms with E-state index in [-0.39, 0.29) is 17.5 Å². The first-order chi connectivity index (χ1) is 18.7. The summed E-state index contributed by atoms with van der Waals surface area (Å²) in [5.74, 6) is 0.881. The first kappa shape index (κ1) is 27.2. The number of rotatable bonds is 5. The van der Waals surface area contributed by atoms with Crippen LogP contribution in [-0.2, 0) is 11.3 Å². The van der Waals surface area contributed by atoms with Gasteiger partial charge in [0, 0.05) is 44.0 Å². The molecule has 2 atom stereocenters. The second-order valence-electron chi connectivity index (χ2n) is 11.3. The highest BCUT2D eigenvalue weighted by Gasteiger charge is 2.35. The maximum absolute atomic E-state index is 13.5. The largest absolute Gasteiger partial charge is 0.487 e. The molecule has 39 heavy (non-hydrogen) atoms. The predicted octanol–water partition coefficient (Wildman–Crippen LogP) is 5.60. The Kier molecular flexibility index (Phi) is 7.96. The average Bonchev–Trinajstić information content (AvgIpc) is 3.40. The van der Waals surface area contributed by atoms with E-state index in [0.29, 0.717) is 41.9 Å². The van der Waals surface area contributed by atoms with Crippen molar-refractivity contribution in [3.63, 3.8) is 0 Å². The number of amides is 1. The highest BCUT2D eigenvalue weighted by Crippen LogP contribution is 2.34. The Balaban J connectivity index is 1.19. The third kappa shape index (κ3) is 6.45. The van der Waals surface area contributed by atoms with Crippen molar-refractivity contribution >= 4 is 23.6 Å². The van der Waals surface area contributed by atoms with Crippen LogP contribution >= 0.6 is 11.6 Å². The van der Waals surface area contributed by atoms with Crippen LogP contribution in [0.5, 0.6) is 5.75 Å². The van der Waals surface area contributed by atoms with Gasteiger partial charge in [0.15, 0.2) is 0 Å². The lowest BCUT2D eigenvalue weighted by Crippen LogP contribution is -2.57. The van der Waals surface area contributed by atoms with E-state index in [1.165, 1.54) is 5.56 Å². The summed E-state index contributed by atoms with van der Waals surface area (Å²) >= 11 is 6.66. The Labute approximate surface area is 234 Å². The molecule has 2 aliphatic heterocycles. The van der Waals surface area contributed by atoms with Gasteiger partial charge in [0.1, 0.15) is 18.0 Å². The van der Waals surface area contributed by atoms with Gasteiger partial charge in [-0.3, -0.25) is 9.69 Å². The number of aromatic nitrogens is 2. The molecule has 0 saturated carbocycles. The highest BCUT2D eigenvalue weighted by molar-refractivity contribution is 6.35. The molecule has 2 saturated heterocycles. The number of carbonyl (C=O) groups excluding carboxylic acids is 2. The van der Waals surface area contributed by atoms with E-state index in [2.05, 4.69) is 40.3 Å². The summed E-state index contributed by atoms with van der Waals surface area (Å²) in [5.41, 5.74) is 1.89. The van der Waals surface area contributed by atoms with Gasteiger partial charge in [-0.2, -0.15) is 9.78 Å². The smallest absolute Gasteiger partial charge is 0.435 e. The monoisotopic (exact) mass is 550 g/mol. The van der Waals surface area contributed by atoms with Crippen molar-refractivity contribution in [3.05, 3.63) is 82.6 Å². The maximum Gasteiger partial charge on any atom is 0.435 e. The second-order valence-corrected chi connectivity index (χ2v) is 11.6. The molecular weight excluding hydrogens is 516 g/mol. The van der Waals surface area contributed by atoms with Crippen LogP contribution in [-0.4, -0.2) is 69.4 Å². The molecule has 0 bridgehead atoms. The number of piperidine rings is 1. The molecule has 2 aliphatic rings. The quantitative estimate of drug-likeness (QED) is 0.411. The molecule has 2 fully saturated rings. The summed E-state index contributed by atoms with van der Waals surface area (Å²) in [6.45, 7) is 8.79. The second kappa shape index (κ2) is 11.4. The van der Waals surface area contributed by atoms with Crippen molar-refractivity contribution in [3.8, 4) is 5.75 Å². The highest BCUT2D eigenvalue weighted by atomic mass is 35.5. The molecule has 0 spiro atoms. The van der Waals surface area contributed by atoms with Crippen molar-refractivity contribution in [1.29, 1.82) is 0 Å². The summed E-state index contributed by atoms with van der Waals surface area (Å²) in [6, 6.07) is 16.3. The summed E-state index contributed by atoms with van der Waals surface area (Å²) in [5, 5.41) is 4.35. The molecule has 3 heterocycles. The van der Waals surface area contributed by atoms with Gasteiger partial charge in [0.25, 0.3) is 5.91 Å². The van der Waals surface area contributed by atoms with Crippen molar-refractivity contribution in [2.75, 3.05) is 26.2 Å². The van der Waals surface area contributed by atoms with Crippen LogP contribution in [0.2, 0.25) is 5.02 Å². The van der Waals surface area contributed by atoms with Crippen molar-refractivity contribution in [1.82, 2.24) is 19.6 Å². The Hall–Kier alpha value is -3.36. The van der Waals surface area contributed by atoms with E-state index in [4.69, 9.17) is 21.1 Å². The first-order valence-corrected chi connectivity index (χ1v) is 13.8. The number of ether oxygens (including phenoxy) is 2. The first-order valence-electron chi connectivity index (χ1n) is 13.4. The van der Waals surface area contributed by atoms with Gasteiger partial charge in [0.2, 0.25) is 0 Å². The number of nitrogens with zero attached hydrogens (tertiary/aromatic N) is 4. The number of halogens is 1. The number of fused-ring (bicyclic) bond motifs is 1. The van der Waals surface area contributed by atoms with Crippen molar-refractivity contribution < 1.29 is 19.1 Å². The molecule has 0 aliphatic carbocycles. The van der Waals surface area contributed by atoms with Crippen LogP contribution in [0.4, 0.5) is 4.79 Å². The fourth-order valence-corrected chi connectivity index (χ4v) is 5.58. The molecule has 9 heteroatoms. The Bertz CT molecular complexity index is 1320. The molecule has 2 aromatic carbocycles. The van der Waals surface area contributed by atoms with Crippen molar-refractivity contribution in [2.45, 2.75) is 57.8 Å². The van der Waals surface area contributed by atoms with E-state index in [1.807, 2.05) is 4.90 Å². The molecular formula is C30H35ClN4O4. The minimum Gasteiger partial charge on any atom is -0.487 e. The van der Waals surface area contributed by atoms with Crippen LogP contribution in [0.3, 0.4) is 0 Å². The molecule has 0 unspecified atom stereocenters. The van der Waals surface area contributed by atoms with Crippen LogP contribution in [0.25, 0.3) is 0 Å². The Morgan fingerprint density at radius 2 is 1.82 bits per heavy atom. The summed E-state index contributed by atoms with van der Waals surface area (Å²) in [6.07, 6.45) is 4.73. The van der Waals surface area contributed by atoms with Gasteiger partial charge in [-0.25, -0.2) is 4.79 Å². The van der Waals surface area contributed by atoms with E-state index >= 15 is 0 Å². The van der Waals surface area contributed by atoms with E-state index in [1.54, 1.807) is 51.4 Å². The summed E-state index contributed by atoms with van der Waals surface area (Å²) in [7, 11) is 0. The van der Waals surface area contributed by atoms with Crippen LogP contribution in [0.1, 0.15) is 61.0 Å². The summed E-state index contributed by atoms with van der Waals surface area (Å²) in [4.78, 5) is 30.2.